The zero-order valence-corrected chi connectivity index (χ0v) is 9.49. The van der Waals surface area contributed by atoms with Crippen molar-refractivity contribution >= 4 is 5.91 Å². The van der Waals surface area contributed by atoms with Crippen LogP contribution < -0.4 is 0 Å². The van der Waals surface area contributed by atoms with Crippen molar-refractivity contribution in [3.8, 4) is 0 Å². The molecule has 4 heteroatoms. The standard InChI is InChI=1S/C11H19NO3/c1-11(2)4-3-9(15-11)10(13)12-5-7-14-8-6-12/h9H,3-8H2,1-2H3/t9-/m0/s1. The normalized spacial score (nSPS) is 30.5. The Morgan fingerprint density at radius 1 is 1.33 bits per heavy atom. The highest BCUT2D eigenvalue weighted by atomic mass is 16.5. The molecule has 4 nitrogen and oxygen atoms in total. The van der Waals surface area contributed by atoms with E-state index < -0.39 is 0 Å². The third kappa shape index (κ3) is 2.49. The summed E-state index contributed by atoms with van der Waals surface area (Å²) in [6, 6.07) is 0. The number of carbonyl (C=O) groups excluding carboxylic acids is 1. The van der Waals surface area contributed by atoms with E-state index in [0.717, 1.165) is 12.8 Å². The highest BCUT2D eigenvalue weighted by Crippen LogP contribution is 2.30. The number of hydrogen-bond acceptors (Lipinski definition) is 3. The van der Waals surface area contributed by atoms with Crippen LogP contribution >= 0.6 is 0 Å². The van der Waals surface area contributed by atoms with Gasteiger partial charge in [-0.05, 0) is 26.7 Å². The topological polar surface area (TPSA) is 38.8 Å². The minimum absolute atomic E-state index is 0.132. The van der Waals surface area contributed by atoms with Crippen LogP contribution in [-0.4, -0.2) is 48.8 Å². The van der Waals surface area contributed by atoms with Crippen molar-refractivity contribution in [3.63, 3.8) is 0 Å². The maximum Gasteiger partial charge on any atom is 0.251 e. The van der Waals surface area contributed by atoms with E-state index >= 15 is 0 Å². The molecule has 0 aromatic carbocycles. The van der Waals surface area contributed by atoms with Crippen LogP contribution in [0, 0.1) is 0 Å². The average molecular weight is 213 g/mol. The first-order valence-corrected chi connectivity index (χ1v) is 5.63. The molecule has 2 saturated heterocycles. The lowest BCUT2D eigenvalue weighted by atomic mass is 10.1. The molecule has 1 amide bonds. The minimum Gasteiger partial charge on any atom is -0.378 e. The van der Waals surface area contributed by atoms with E-state index in [0.29, 0.717) is 26.3 Å². The molecule has 0 unspecified atom stereocenters. The highest BCUT2D eigenvalue weighted by Gasteiger charge is 2.37. The van der Waals surface area contributed by atoms with Crippen molar-refractivity contribution in [1.29, 1.82) is 0 Å². The Balaban J connectivity index is 1.90. The van der Waals surface area contributed by atoms with Crippen LogP contribution in [0.3, 0.4) is 0 Å². The number of ether oxygens (including phenoxy) is 2. The van der Waals surface area contributed by atoms with Gasteiger partial charge in [0.05, 0.1) is 18.8 Å². The van der Waals surface area contributed by atoms with Crippen molar-refractivity contribution < 1.29 is 14.3 Å². The number of carbonyl (C=O) groups is 1. The van der Waals surface area contributed by atoms with Gasteiger partial charge in [-0.1, -0.05) is 0 Å². The molecule has 0 radical (unpaired) electrons. The molecule has 86 valence electrons. The second-order valence-corrected chi connectivity index (χ2v) is 4.84. The number of hydrogen-bond donors (Lipinski definition) is 0. The number of nitrogens with zero attached hydrogens (tertiary/aromatic N) is 1. The molecule has 0 aliphatic carbocycles. The van der Waals surface area contributed by atoms with Crippen LogP contribution in [0.1, 0.15) is 26.7 Å². The molecule has 0 saturated carbocycles. The molecule has 1 atom stereocenters. The SMILES string of the molecule is CC1(C)CC[C@@H](C(=O)N2CCOCC2)O1. The van der Waals surface area contributed by atoms with Gasteiger partial charge in [0.2, 0.25) is 0 Å². The molecule has 0 spiro atoms. The van der Waals surface area contributed by atoms with Gasteiger partial charge < -0.3 is 14.4 Å². The first kappa shape index (κ1) is 10.9. The first-order chi connectivity index (χ1) is 7.08. The summed E-state index contributed by atoms with van der Waals surface area (Å²) in [5.74, 6) is 0.142. The lowest BCUT2D eigenvalue weighted by molar-refractivity contribution is -0.150. The molecule has 2 aliphatic rings. The van der Waals surface area contributed by atoms with Crippen LogP contribution in [-0.2, 0) is 14.3 Å². The summed E-state index contributed by atoms with van der Waals surface area (Å²) >= 11 is 0. The fraction of sp³-hybridized carbons (Fsp3) is 0.909. The molecule has 2 heterocycles. The third-order valence-electron chi connectivity index (χ3n) is 3.07. The van der Waals surface area contributed by atoms with Gasteiger partial charge >= 0.3 is 0 Å². The van der Waals surface area contributed by atoms with Crippen molar-refractivity contribution in [2.75, 3.05) is 26.3 Å². The van der Waals surface area contributed by atoms with Crippen molar-refractivity contribution in [2.24, 2.45) is 0 Å². The molecule has 2 aliphatic heterocycles. The van der Waals surface area contributed by atoms with Crippen LogP contribution in [0.15, 0.2) is 0 Å². The fourth-order valence-electron chi connectivity index (χ4n) is 2.14. The van der Waals surface area contributed by atoms with E-state index in [2.05, 4.69) is 0 Å². The van der Waals surface area contributed by atoms with Gasteiger partial charge in [-0.2, -0.15) is 0 Å². The lowest BCUT2D eigenvalue weighted by Crippen LogP contribution is -2.46. The molecular weight excluding hydrogens is 194 g/mol. The monoisotopic (exact) mass is 213 g/mol. The summed E-state index contributed by atoms with van der Waals surface area (Å²) in [5, 5.41) is 0. The largest absolute Gasteiger partial charge is 0.378 e. The Bertz CT molecular complexity index is 246. The smallest absolute Gasteiger partial charge is 0.251 e. The van der Waals surface area contributed by atoms with E-state index in [4.69, 9.17) is 9.47 Å². The second kappa shape index (κ2) is 4.10. The maximum absolute atomic E-state index is 12.0. The molecule has 2 fully saturated rings. The average Bonchev–Trinajstić information content (AvgIpc) is 2.59. The Hall–Kier alpha value is -0.610. The van der Waals surface area contributed by atoms with Crippen molar-refractivity contribution in [1.82, 2.24) is 4.90 Å². The summed E-state index contributed by atoms with van der Waals surface area (Å²) in [6.45, 7) is 6.81. The van der Waals surface area contributed by atoms with Gasteiger partial charge in [0.1, 0.15) is 6.10 Å². The minimum atomic E-state index is -0.224. The Kier molecular flexibility index (Phi) is 2.98. The Morgan fingerprint density at radius 3 is 2.53 bits per heavy atom. The van der Waals surface area contributed by atoms with Crippen LogP contribution in [0.4, 0.5) is 0 Å². The van der Waals surface area contributed by atoms with E-state index in [9.17, 15) is 4.79 Å². The predicted molar refractivity (Wildman–Crippen MR) is 55.6 cm³/mol. The summed E-state index contributed by atoms with van der Waals surface area (Å²) < 4.78 is 11.0. The van der Waals surface area contributed by atoms with E-state index in [1.54, 1.807) is 0 Å². The van der Waals surface area contributed by atoms with Crippen molar-refractivity contribution in [3.05, 3.63) is 0 Å². The third-order valence-corrected chi connectivity index (χ3v) is 3.07. The van der Waals surface area contributed by atoms with Crippen LogP contribution in [0.25, 0.3) is 0 Å². The maximum atomic E-state index is 12.0. The molecule has 2 rings (SSSR count). The fourth-order valence-corrected chi connectivity index (χ4v) is 2.14. The van der Waals surface area contributed by atoms with Crippen LogP contribution in [0.2, 0.25) is 0 Å². The zero-order valence-electron chi connectivity index (χ0n) is 9.49. The predicted octanol–water partition coefficient (Wildman–Crippen LogP) is 0.803. The molecule has 15 heavy (non-hydrogen) atoms. The quantitative estimate of drug-likeness (QED) is 0.647. The van der Waals surface area contributed by atoms with E-state index in [1.807, 2.05) is 18.7 Å². The Labute approximate surface area is 90.5 Å². The summed E-state index contributed by atoms with van der Waals surface area (Å²) in [5.41, 5.74) is -0.132. The molecule has 0 bridgehead atoms. The van der Waals surface area contributed by atoms with Crippen molar-refractivity contribution in [2.45, 2.75) is 38.4 Å². The van der Waals surface area contributed by atoms with Gasteiger partial charge in [0.15, 0.2) is 0 Å². The van der Waals surface area contributed by atoms with Gasteiger partial charge in [0.25, 0.3) is 5.91 Å². The highest BCUT2D eigenvalue weighted by molar-refractivity contribution is 5.81. The number of amides is 1. The summed E-state index contributed by atoms with van der Waals surface area (Å²) in [4.78, 5) is 13.9. The number of morpholine rings is 1. The molecular formula is C11H19NO3. The second-order valence-electron chi connectivity index (χ2n) is 4.84. The Morgan fingerprint density at radius 2 is 2.00 bits per heavy atom. The first-order valence-electron chi connectivity index (χ1n) is 5.63. The summed E-state index contributed by atoms with van der Waals surface area (Å²) in [7, 11) is 0. The van der Waals surface area contributed by atoms with Gasteiger partial charge in [-0.25, -0.2) is 0 Å². The number of rotatable bonds is 1. The zero-order chi connectivity index (χ0) is 10.9. The molecule has 0 aromatic heterocycles. The van der Waals surface area contributed by atoms with E-state index in [1.165, 1.54) is 0 Å². The summed E-state index contributed by atoms with van der Waals surface area (Å²) in [6.07, 6.45) is 1.59. The van der Waals surface area contributed by atoms with E-state index in [-0.39, 0.29) is 17.6 Å². The van der Waals surface area contributed by atoms with Gasteiger partial charge in [0, 0.05) is 13.1 Å². The van der Waals surface area contributed by atoms with Crippen LogP contribution in [0.5, 0.6) is 0 Å². The molecule has 0 aromatic rings. The van der Waals surface area contributed by atoms with Gasteiger partial charge in [-0.3, -0.25) is 4.79 Å². The van der Waals surface area contributed by atoms with Gasteiger partial charge in [-0.15, -0.1) is 0 Å². The molecule has 0 N–H and O–H groups in total. The lowest BCUT2D eigenvalue weighted by Gasteiger charge is -2.29.